The molecule has 1 N–H and O–H groups in total. The van der Waals surface area contributed by atoms with Crippen molar-refractivity contribution in [1.29, 1.82) is 0 Å². The molecular weight excluding hydrogens is 428 g/mol. The molecule has 2 aliphatic heterocycles. The lowest BCUT2D eigenvalue weighted by Gasteiger charge is -2.33. The topological polar surface area (TPSA) is 116 Å². The van der Waals surface area contributed by atoms with Crippen LogP contribution in [0.2, 0.25) is 0 Å². The molecule has 0 unspecified atom stereocenters. The lowest BCUT2D eigenvalue weighted by atomic mass is 10.1. The number of carbonyl (C=O) groups excluding carboxylic acids is 2. The van der Waals surface area contributed by atoms with Crippen LogP contribution in [0.5, 0.6) is 11.5 Å². The lowest BCUT2D eigenvalue weighted by molar-refractivity contribution is -0.117. The van der Waals surface area contributed by atoms with E-state index in [1.165, 1.54) is 0 Å². The molecule has 5 rings (SSSR count). The summed E-state index contributed by atoms with van der Waals surface area (Å²) < 4.78 is 21.1. The van der Waals surface area contributed by atoms with Gasteiger partial charge in [-0.15, -0.1) is 0 Å². The largest absolute Gasteiger partial charge is 0.493 e. The smallest absolute Gasteiger partial charge is 0.338 e. The summed E-state index contributed by atoms with van der Waals surface area (Å²) in [6.45, 7) is 0.644. The number of fused-ring (bicyclic) bond motifs is 3. The van der Waals surface area contributed by atoms with Crippen LogP contribution in [0.4, 0.5) is 11.4 Å². The molecule has 0 spiro atoms. The molecule has 2 aromatic carbocycles. The van der Waals surface area contributed by atoms with Gasteiger partial charge in [-0.25, -0.2) is 4.79 Å². The van der Waals surface area contributed by atoms with Crippen molar-refractivity contribution in [2.24, 2.45) is 0 Å². The maximum absolute atomic E-state index is 12.6. The van der Waals surface area contributed by atoms with E-state index in [-0.39, 0.29) is 24.4 Å². The first kappa shape index (κ1) is 20.8. The zero-order chi connectivity index (χ0) is 22.9. The van der Waals surface area contributed by atoms with Gasteiger partial charge in [0.15, 0.2) is 18.1 Å². The molecule has 0 aliphatic carbocycles. The van der Waals surface area contributed by atoms with Crippen molar-refractivity contribution < 1.29 is 28.3 Å². The number of benzene rings is 2. The van der Waals surface area contributed by atoms with E-state index in [1.54, 1.807) is 44.6 Å². The van der Waals surface area contributed by atoms with E-state index in [0.717, 1.165) is 25.1 Å². The Hall–Kier alpha value is -4.08. The second-order valence-electron chi connectivity index (χ2n) is 7.73. The Morgan fingerprint density at radius 2 is 2.03 bits per heavy atom. The van der Waals surface area contributed by atoms with Crippen molar-refractivity contribution in [3.8, 4) is 22.9 Å². The Kier molecular flexibility index (Phi) is 5.33. The number of amides is 1. The number of ether oxygens (including phenoxy) is 3. The molecule has 3 aromatic rings. The first-order chi connectivity index (χ1) is 16.1. The van der Waals surface area contributed by atoms with Crippen molar-refractivity contribution in [3.05, 3.63) is 47.9 Å². The summed E-state index contributed by atoms with van der Waals surface area (Å²) in [4.78, 5) is 31.2. The molecule has 33 heavy (non-hydrogen) atoms. The quantitative estimate of drug-likeness (QED) is 0.566. The van der Waals surface area contributed by atoms with Gasteiger partial charge >= 0.3 is 5.97 Å². The number of methoxy groups -OCH3 is 2. The Morgan fingerprint density at radius 1 is 1.18 bits per heavy atom. The minimum atomic E-state index is -0.554. The third-order valence-corrected chi connectivity index (χ3v) is 5.79. The summed E-state index contributed by atoms with van der Waals surface area (Å²) in [5, 5.41) is 6.83. The van der Waals surface area contributed by atoms with Crippen LogP contribution in [-0.2, 0) is 16.1 Å². The van der Waals surface area contributed by atoms with Gasteiger partial charge in [0, 0.05) is 12.1 Å². The first-order valence-corrected chi connectivity index (χ1v) is 10.5. The zero-order valence-electron chi connectivity index (χ0n) is 18.2. The first-order valence-electron chi connectivity index (χ1n) is 10.5. The van der Waals surface area contributed by atoms with Gasteiger partial charge in [-0.2, -0.15) is 4.98 Å². The maximum atomic E-state index is 12.6. The fourth-order valence-corrected chi connectivity index (χ4v) is 4.17. The van der Waals surface area contributed by atoms with Crippen LogP contribution in [-0.4, -0.2) is 48.8 Å². The number of carbonyl (C=O) groups is 2. The van der Waals surface area contributed by atoms with Crippen LogP contribution in [0.1, 0.15) is 29.1 Å². The molecule has 1 fully saturated rings. The molecule has 0 saturated carbocycles. The monoisotopic (exact) mass is 450 g/mol. The number of hydrogen-bond acceptors (Lipinski definition) is 9. The number of hydrogen-bond donors (Lipinski definition) is 1. The predicted octanol–water partition coefficient (Wildman–Crippen LogP) is 3.03. The molecule has 0 radical (unpaired) electrons. The van der Waals surface area contributed by atoms with Crippen molar-refractivity contribution >= 4 is 23.3 Å². The molecule has 2 aliphatic rings. The van der Waals surface area contributed by atoms with Crippen molar-refractivity contribution in [2.45, 2.75) is 25.5 Å². The number of nitrogens with zero attached hydrogens (tertiary/aromatic N) is 3. The molecule has 1 amide bonds. The fraction of sp³-hybridized carbons (Fsp3) is 0.304. The highest BCUT2D eigenvalue weighted by atomic mass is 16.6. The maximum Gasteiger partial charge on any atom is 0.338 e. The summed E-state index contributed by atoms with van der Waals surface area (Å²) in [5.41, 5.74) is 2.53. The van der Waals surface area contributed by atoms with Crippen molar-refractivity contribution in [1.82, 2.24) is 10.1 Å². The van der Waals surface area contributed by atoms with E-state index in [4.69, 9.17) is 18.7 Å². The van der Waals surface area contributed by atoms with Gasteiger partial charge in [0.25, 0.3) is 5.89 Å². The van der Waals surface area contributed by atoms with E-state index in [9.17, 15) is 9.59 Å². The standard InChI is InChI=1S/C23H22N4O6/c1-30-18-8-6-13(11-19(18)31-2)21-25-20(33-26-21)12-32-23(29)14-5-7-16-15(10-14)24-22(28)17-4-3-9-27(16)17/h5-8,10-11,17H,3-4,9,12H2,1-2H3,(H,24,28)/t17-/m1/s1. The molecular formula is C23H22N4O6. The molecule has 170 valence electrons. The van der Waals surface area contributed by atoms with Gasteiger partial charge in [-0.3, -0.25) is 4.79 Å². The second-order valence-corrected chi connectivity index (χ2v) is 7.73. The van der Waals surface area contributed by atoms with Crippen molar-refractivity contribution in [3.63, 3.8) is 0 Å². The average Bonchev–Trinajstić information content (AvgIpc) is 3.52. The molecule has 10 nitrogen and oxygen atoms in total. The van der Waals surface area contributed by atoms with E-state index in [0.29, 0.717) is 34.1 Å². The van der Waals surface area contributed by atoms with Crippen LogP contribution in [0.15, 0.2) is 40.9 Å². The molecule has 1 aromatic heterocycles. The van der Waals surface area contributed by atoms with Gasteiger partial charge < -0.3 is 29.0 Å². The second kappa shape index (κ2) is 8.45. The third-order valence-electron chi connectivity index (χ3n) is 5.79. The number of aromatic nitrogens is 2. The summed E-state index contributed by atoms with van der Waals surface area (Å²) in [5.74, 6) is 1.01. The minimum absolute atomic E-state index is 0.0425. The summed E-state index contributed by atoms with van der Waals surface area (Å²) in [7, 11) is 3.09. The van der Waals surface area contributed by atoms with Crippen LogP contribution in [0, 0.1) is 0 Å². The predicted molar refractivity (Wildman–Crippen MR) is 117 cm³/mol. The van der Waals surface area contributed by atoms with Gasteiger partial charge in [0.05, 0.1) is 31.2 Å². The van der Waals surface area contributed by atoms with Gasteiger partial charge in [-0.05, 0) is 49.2 Å². The number of anilines is 2. The van der Waals surface area contributed by atoms with E-state index < -0.39 is 5.97 Å². The van der Waals surface area contributed by atoms with Crippen LogP contribution in [0.3, 0.4) is 0 Å². The summed E-state index contributed by atoms with van der Waals surface area (Å²) in [6.07, 6.45) is 1.81. The molecule has 1 atom stereocenters. The normalized spacial score (nSPS) is 16.6. The van der Waals surface area contributed by atoms with Gasteiger partial charge in [0.1, 0.15) is 6.04 Å². The van der Waals surface area contributed by atoms with Crippen LogP contribution >= 0.6 is 0 Å². The Bertz CT molecular complexity index is 1220. The Labute approximate surface area is 189 Å². The molecule has 1 saturated heterocycles. The molecule has 10 heteroatoms. The lowest BCUT2D eigenvalue weighted by Crippen LogP contribution is -2.43. The van der Waals surface area contributed by atoms with E-state index >= 15 is 0 Å². The van der Waals surface area contributed by atoms with Gasteiger partial charge in [-0.1, -0.05) is 5.16 Å². The third kappa shape index (κ3) is 3.84. The number of esters is 1. The Balaban J connectivity index is 1.26. The van der Waals surface area contributed by atoms with Crippen molar-refractivity contribution in [2.75, 3.05) is 31.0 Å². The summed E-state index contributed by atoms with van der Waals surface area (Å²) in [6, 6.07) is 10.3. The van der Waals surface area contributed by atoms with Crippen LogP contribution < -0.4 is 19.7 Å². The highest BCUT2D eigenvalue weighted by Crippen LogP contribution is 2.37. The van der Waals surface area contributed by atoms with Crippen LogP contribution in [0.25, 0.3) is 11.4 Å². The SMILES string of the molecule is COc1ccc(-c2noc(COC(=O)c3ccc4c(c3)NC(=O)[C@H]3CCCN43)n2)cc1OC. The highest BCUT2D eigenvalue weighted by molar-refractivity contribution is 6.05. The molecule has 3 heterocycles. The molecule has 0 bridgehead atoms. The Morgan fingerprint density at radius 3 is 2.85 bits per heavy atom. The van der Waals surface area contributed by atoms with Gasteiger partial charge in [0.2, 0.25) is 11.7 Å². The zero-order valence-corrected chi connectivity index (χ0v) is 18.2. The summed E-state index contributed by atoms with van der Waals surface area (Å²) >= 11 is 0. The fourth-order valence-electron chi connectivity index (χ4n) is 4.17. The van der Waals surface area contributed by atoms with E-state index in [1.807, 2.05) is 6.07 Å². The van der Waals surface area contributed by atoms with E-state index in [2.05, 4.69) is 20.4 Å². The average molecular weight is 450 g/mol. The minimum Gasteiger partial charge on any atom is -0.493 e. The number of rotatable bonds is 6. The highest BCUT2D eigenvalue weighted by Gasteiger charge is 2.36. The number of nitrogens with one attached hydrogen (secondary N) is 1.